The molecule has 0 aliphatic heterocycles. The highest BCUT2D eigenvalue weighted by molar-refractivity contribution is 7.15. The molecule has 0 saturated carbocycles. The number of hydrogen-bond donors (Lipinski definition) is 2. The summed E-state index contributed by atoms with van der Waals surface area (Å²) in [6, 6.07) is 5.74. The first kappa shape index (κ1) is 11.4. The van der Waals surface area contributed by atoms with E-state index in [4.69, 9.17) is 6.42 Å². The molecule has 0 fully saturated rings. The largest absolute Gasteiger partial charge is 0.340 e. The van der Waals surface area contributed by atoms with Crippen LogP contribution in [0.5, 0.6) is 0 Å². The second-order valence-electron chi connectivity index (χ2n) is 3.46. The smallest absolute Gasteiger partial charge is 0.272 e. The van der Waals surface area contributed by atoms with E-state index in [2.05, 4.69) is 21.4 Å². The number of hydrogen-bond acceptors (Lipinski definition) is 3. The van der Waals surface area contributed by atoms with Crippen LogP contribution in [-0.4, -0.2) is 22.6 Å². The lowest BCUT2D eigenvalue weighted by Crippen LogP contribution is -2.23. The monoisotopic (exact) mass is 245 g/mol. The summed E-state index contributed by atoms with van der Waals surface area (Å²) >= 11 is 1.65. The van der Waals surface area contributed by atoms with Gasteiger partial charge in [0.1, 0.15) is 0 Å². The molecule has 2 aromatic rings. The fraction of sp³-hybridized carbons (Fsp3) is 0.167. The molecule has 2 aromatic heterocycles. The molecule has 0 aliphatic rings. The summed E-state index contributed by atoms with van der Waals surface area (Å²) < 4.78 is 0. The van der Waals surface area contributed by atoms with Crippen LogP contribution in [0.15, 0.2) is 18.2 Å². The Bertz CT molecular complexity index is 577. The van der Waals surface area contributed by atoms with E-state index in [1.54, 1.807) is 17.4 Å². The maximum atomic E-state index is 11.6. The van der Waals surface area contributed by atoms with Crippen molar-refractivity contribution in [3.05, 3.63) is 28.8 Å². The van der Waals surface area contributed by atoms with Gasteiger partial charge in [0.05, 0.1) is 17.1 Å². The van der Waals surface area contributed by atoms with Crippen LogP contribution in [0.3, 0.4) is 0 Å². The van der Waals surface area contributed by atoms with E-state index in [1.807, 2.05) is 19.1 Å². The molecule has 0 aliphatic carbocycles. The number of aromatic amines is 1. The molecule has 17 heavy (non-hydrogen) atoms. The number of H-pyrrole nitrogens is 1. The molecule has 5 heteroatoms. The van der Waals surface area contributed by atoms with E-state index < -0.39 is 0 Å². The third-order valence-corrected chi connectivity index (χ3v) is 3.20. The minimum atomic E-state index is -0.265. The first-order valence-electron chi connectivity index (χ1n) is 5.04. The van der Waals surface area contributed by atoms with E-state index >= 15 is 0 Å². The molecule has 1 amide bonds. The Balaban J connectivity index is 2.16. The number of nitrogens with zero attached hydrogens (tertiary/aromatic N) is 1. The van der Waals surface area contributed by atoms with E-state index in [0.717, 1.165) is 10.6 Å². The van der Waals surface area contributed by atoms with Gasteiger partial charge in [-0.05, 0) is 25.1 Å². The predicted octanol–water partition coefficient (Wildman–Crippen LogP) is 1.81. The van der Waals surface area contributed by atoms with Gasteiger partial charge in [-0.1, -0.05) is 5.92 Å². The van der Waals surface area contributed by atoms with Gasteiger partial charge in [-0.15, -0.1) is 17.8 Å². The summed E-state index contributed by atoms with van der Waals surface area (Å²) in [5.41, 5.74) is 1.19. The van der Waals surface area contributed by atoms with Crippen LogP contribution < -0.4 is 5.32 Å². The molecule has 0 spiro atoms. The van der Waals surface area contributed by atoms with E-state index in [-0.39, 0.29) is 12.5 Å². The molecule has 86 valence electrons. The quantitative estimate of drug-likeness (QED) is 0.810. The van der Waals surface area contributed by atoms with Crippen LogP contribution >= 0.6 is 11.3 Å². The predicted molar refractivity (Wildman–Crippen MR) is 67.8 cm³/mol. The molecule has 0 atom stereocenters. The number of amides is 1. The highest BCUT2D eigenvalue weighted by Gasteiger charge is 2.11. The van der Waals surface area contributed by atoms with Crippen molar-refractivity contribution >= 4 is 17.2 Å². The molecule has 2 heterocycles. The van der Waals surface area contributed by atoms with E-state index in [0.29, 0.717) is 5.69 Å². The summed E-state index contributed by atoms with van der Waals surface area (Å²) in [6.45, 7) is 2.24. The summed E-state index contributed by atoms with van der Waals surface area (Å²) in [7, 11) is 0. The maximum absolute atomic E-state index is 11.6. The van der Waals surface area contributed by atoms with Crippen molar-refractivity contribution in [3.8, 4) is 22.9 Å². The van der Waals surface area contributed by atoms with Gasteiger partial charge >= 0.3 is 0 Å². The van der Waals surface area contributed by atoms with Gasteiger partial charge in [-0.3, -0.25) is 9.89 Å². The lowest BCUT2D eigenvalue weighted by atomic mass is 10.3. The van der Waals surface area contributed by atoms with Crippen LogP contribution in [0, 0.1) is 19.3 Å². The van der Waals surface area contributed by atoms with E-state index in [9.17, 15) is 4.79 Å². The number of thiophene rings is 1. The Kier molecular flexibility index (Phi) is 3.26. The highest BCUT2D eigenvalue weighted by atomic mass is 32.1. The van der Waals surface area contributed by atoms with Crippen molar-refractivity contribution in [1.82, 2.24) is 15.5 Å². The summed E-state index contributed by atoms with van der Waals surface area (Å²) in [5.74, 6) is 2.08. The first-order valence-corrected chi connectivity index (χ1v) is 5.86. The Morgan fingerprint density at radius 3 is 3.12 bits per heavy atom. The van der Waals surface area contributed by atoms with Crippen LogP contribution in [-0.2, 0) is 0 Å². The lowest BCUT2D eigenvalue weighted by molar-refractivity contribution is 0.0953. The Hall–Kier alpha value is -2.06. The molecule has 0 bridgehead atoms. The SMILES string of the molecule is C#CCNC(=O)c1cc(-c2ccc(C)s2)[nH]n1. The molecule has 4 nitrogen and oxygen atoms in total. The number of aromatic nitrogens is 2. The second-order valence-corrected chi connectivity index (χ2v) is 4.75. The van der Waals surface area contributed by atoms with Gasteiger partial charge in [0.25, 0.3) is 5.91 Å². The highest BCUT2D eigenvalue weighted by Crippen LogP contribution is 2.26. The zero-order valence-corrected chi connectivity index (χ0v) is 10.1. The van der Waals surface area contributed by atoms with Gasteiger partial charge in [0.15, 0.2) is 5.69 Å². The summed E-state index contributed by atoms with van der Waals surface area (Å²) in [6.07, 6.45) is 5.06. The zero-order valence-electron chi connectivity index (χ0n) is 9.28. The van der Waals surface area contributed by atoms with Crippen molar-refractivity contribution in [2.24, 2.45) is 0 Å². The Labute approximate surface area is 103 Å². The second kappa shape index (κ2) is 4.85. The van der Waals surface area contributed by atoms with Gasteiger partial charge in [-0.25, -0.2) is 0 Å². The van der Waals surface area contributed by atoms with Gasteiger partial charge in [0, 0.05) is 4.88 Å². The number of aryl methyl sites for hydroxylation is 1. The number of rotatable bonds is 3. The Morgan fingerprint density at radius 2 is 2.47 bits per heavy atom. The van der Waals surface area contributed by atoms with Crippen molar-refractivity contribution in [2.75, 3.05) is 6.54 Å². The Morgan fingerprint density at radius 1 is 1.65 bits per heavy atom. The molecule has 2 N–H and O–H groups in total. The molecule has 0 saturated heterocycles. The van der Waals surface area contributed by atoms with Gasteiger partial charge in [-0.2, -0.15) is 5.10 Å². The van der Waals surface area contributed by atoms with Crippen LogP contribution in [0.2, 0.25) is 0 Å². The first-order chi connectivity index (χ1) is 8.20. The van der Waals surface area contributed by atoms with Gasteiger partial charge in [0.2, 0.25) is 0 Å². The van der Waals surface area contributed by atoms with Crippen molar-refractivity contribution < 1.29 is 4.79 Å². The average molecular weight is 245 g/mol. The minimum absolute atomic E-state index is 0.207. The maximum Gasteiger partial charge on any atom is 0.272 e. The summed E-state index contributed by atoms with van der Waals surface area (Å²) in [5, 5.41) is 9.36. The van der Waals surface area contributed by atoms with Crippen LogP contribution in [0.25, 0.3) is 10.6 Å². The lowest BCUT2D eigenvalue weighted by Gasteiger charge is -1.94. The van der Waals surface area contributed by atoms with Gasteiger partial charge < -0.3 is 5.32 Å². The molecular formula is C12H11N3OS. The zero-order chi connectivity index (χ0) is 12.3. The molecule has 0 radical (unpaired) electrons. The van der Waals surface area contributed by atoms with Crippen molar-refractivity contribution in [2.45, 2.75) is 6.92 Å². The fourth-order valence-electron chi connectivity index (χ4n) is 1.37. The van der Waals surface area contributed by atoms with Crippen molar-refractivity contribution in [3.63, 3.8) is 0 Å². The van der Waals surface area contributed by atoms with Crippen molar-refractivity contribution in [1.29, 1.82) is 0 Å². The molecule has 0 unspecified atom stereocenters. The van der Waals surface area contributed by atoms with E-state index in [1.165, 1.54) is 4.88 Å². The number of carbonyl (C=O) groups is 1. The summed E-state index contributed by atoms with van der Waals surface area (Å²) in [4.78, 5) is 13.8. The number of terminal acetylenes is 1. The number of nitrogens with one attached hydrogen (secondary N) is 2. The topological polar surface area (TPSA) is 57.8 Å². The molecule has 2 rings (SSSR count). The number of carbonyl (C=O) groups excluding carboxylic acids is 1. The third-order valence-electron chi connectivity index (χ3n) is 2.17. The normalized spacial score (nSPS) is 9.88. The molecular weight excluding hydrogens is 234 g/mol. The average Bonchev–Trinajstić information content (AvgIpc) is 2.93. The third kappa shape index (κ3) is 2.55. The van der Waals surface area contributed by atoms with Crippen LogP contribution in [0.4, 0.5) is 0 Å². The fourth-order valence-corrected chi connectivity index (χ4v) is 2.20. The molecule has 0 aromatic carbocycles. The minimum Gasteiger partial charge on any atom is -0.340 e. The standard InChI is InChI=1S/C12H11N3OS/c1-3-6-13-12(16)10-7-9(14-15-10)11-5-4-8(2)17-11/h1,4-5,7H,6H2,2H3,(H,13,16)(H,14,15). The van der Waals surface area contributed by atoms with Crippen LogP contribution in [0.1, 0.15) is 15.4 Å².